The summed E-state index contributed by atoms with van der Waals surface area (Å²) in [5.74, 6) is -0.0537. The van der Waals surface area contributed by atoms with E-state index in [0.29, 0.717) is 53.6 Å². The Bertz CT molecular complexity index is 988. The largest absolute Gasteiger partial charge is 0.352 e. The van der Waals surface area contributed by atoms with Crippen LogP contribution in [0.3, 0.4) is 0 Å². The second-order valence-corrected chi connectivity index (χ2v) is 9.12. The molecule has 0 bridgehead atoms. The molecular weight excluding hydrogens is 473 g/mol. The second-order valence-electron chi connectivity index (χ2n) is 7.44. The molecule has 2 aromatic rings. The van der Waals surface area contributed by atoms with Crippen molar-refractivity contribution in [2.24, 2.45) is 0 Å². The third-order valence-electron chi connectivity index (χ3n) is 5.28. The number of likely N-dealkylation sites (tertiary alicyclic amines) is 1. The lowest BCUT2D eigenvalue weighted by Gasteiger charge is -2.20. The quantitative estimate of drug-likeness (QED) is 0.384. The summed E-state index contributed by atoms with van der Waals surface area (Å²) in [5.41, 5.74) is 1.74. The molecule has 7 nitrogen and oxygen atoms in total. The molecular formula is C22H25Cl2N3O4S. The van der Waals surface area contributed by atoms with Gasteiger partial charge in [0.15, 0.2) is 0 Å². The van der Waals surface area contributed by atoms with Crippen LogP contribution in [0.25, 0.3) is 0 Å². The SMILES string of the molecule is O=C(NCCCN1CCCC1=O)c1ccc(N(CCc2cccc(Cl)c2Cl)S(=O)O)cc1. The summed E-state index contributed by atoms with van der Waals surface area (Å²) < 4.78 is 22.9. The number of benzene rings is 2. The van der Waals surface area contributed by atoms with Gasteiger partial charge in [0.05, 0.1) is 15.7 Å². The van der Waals surface area contributed by atoms with Gasteiger partial charge in [0.1, 0.15) is 0 Å². The molecule has 1 saturated heterocycles. The summed E-state index contributed by atoms with van der Waals surface area (Å²) >= 11 is 9.99. The molecule has 0 spiro atoms. The fourth-order valence-electron chi connectivity index (χ4n) is 3.55. The van der Waals surface area contributed by atoms with Crippen LogP contribution in [-0.2, 0) is 22.5 Å². The third kappa shape index (κ3) is 6.45. The number of carbonyl (C=O) groups excluding carboxylic acids is 2. The Kier molecular flexibility index (Phi) is 8.92. The summed E-state index contributed by atoms with van der Waals surface area (Å²) in [6, 6.07) is 11.8. The first-order valence-electron chi connectivity index (χ1n) is 10.3. The topological polar surface area (TPSA) is 90.0 Å². The molecule has 3 rings (SSSR count). The van der Waals surface area contributed by atoms with Crippen LogP contribution in [0.15, 0.2) is 42.5 Å². The molecule has 1 heterocycles. The maximum absolute atomic E-state index is 12.4. The molecule has 2 aromatic carbocycles. The summed E-state index contributed by atoms with van der Waals surface area (Å²) in [5, 5.41) is 3.70. The van der Waals surface area contributed by atoms with E-state index in [9.17, 15) is 18.4 Å². The van der Waals surface area contributed by atoms with Crippen LogP contribution in [0.5, 0.6) is 0 Å². The van der Waals surface area contributed by atoms with Crippen LogP contribution in [0.1, 0.15) is 35.2 Å². The molecule has 0 radical (unpaired) electrons. The Morgan fingerprint density at radius 2 is 1.94 bits per heavy atom. The number of rotatable bonds is 10. The van der Waals surface area contributed by atoms with Gasteiger partial charge in [0.2, 0.25) is 5.91 Å². The van der Waals surface area contributed by atoms with Gasteiger partial charge in [0.25, 0.3) is 17.2 Å². The molecule has 10 heteroatoms. The van der Waals surface area contributed by atoms with Gasteiger partial charge in [-0.15, -0.1) is 0 Å². The molecule has 32 heavy (non-hydrogen) atoms. The Hall–Kier alpha value is -2.13. The number of nitrogens with zero attached hydrogens (tertiary/aromatic N) is 2. The van der Waals surface area contributed by atoms with E-state index in [0.717, 1.165) is 18.5 Å². The Labute approximate surface area is 200 Å². The van der Waals surface area contributed by atoms with Crippen LogP contribution in [-0.4, -0.2) is 51.7 Å². The summed E-state index contributed by atoms with van der Waals surface area (Å²) in [4.78, 5) is 25.8. The lowest BCUT2D eigenvalue weighted by atomic mass is 10.1. The molecule has 0 aromatic heterocycles. The molecule has 1 aliphatic heterocycles. The van der Waals surface area contributed by atoms with Crippen molar-refractivity contribution in [2.45, 2.75) is 25.7 Å². The lowest BCUT2D eigenvalue weighted by molar-refractivity contribution is -0.127. The molecule has 1 fully saturated rings. The minimum Gasteiger partial charge on any atom is -0.352 e. The van der Waals surface area contributed by atoms with Crippen molar-refractivity contribution in [3.63, 3.8) is 0 Å². The van der Waals surface area contributed by atoms with Gasteiger partial charge >= 0.3 is 0 Å². The van der Waals surface area contributed by atoms with Crippen molar-refractivity contribution in [1.82, 2.24) is 10.2 Å². The third-order valence-corrected chi connectivity index (χ3v) is 6.91. The molecule has 0 aliphatic carbocycles. The highest BCUT2D eigenvalue weighted by molar-refractivity contribution is 7.80. The molecule has 1 atom stereocenters. The van der Waals surface area contributed by atoms with Crippen LogP contribution >= 0.6 is 23.2 Å². The highest BCUT2D eigenvalue weighted by atomic mass is 35.5. The minimum absolute atomic E-state index is 0.176. The number of hydrogen-bond acceptors (Lipinski definition) is 3. The van der Waals surface area contributed by atoms with Crippen LogP contribution in [0.2, 0.25) is 10.0 Å². The summed E-state index contributed by atoms with van der Waals surface area (Å²) in [6.45, 7) is 2.15. The van der Waals surface area contributed by atoms with E-state index >= 15 is 0 Å². The first kappa shape index (κ1) is 24.5. The van der Waals surface area contributed by atoms with Gasteiger partial charge in [-0.25, -0.2) is 4.21 Å². The zero-order valence-corrected chi connectivity index (χ0v) is 19.8. The molecule has 1 aliphatic rings. The van der Waals surface area contributed by atoms with Gasteiger partial charge in [-0.1, -0.05) is 35.3 Å². The van der Waals surface area contributed by atoms with Crippen molar-refractivity contribution in [1.29, 1.82) is 0 Å². The number of anilines is 1. The van der Waals surface area contributed by atoms with Crippen LogP contribution in [0.4, 0.5) is 5.69 Å². The van der Waals surface area contributed by atoms with Crippen molar-refractivity contribution in [2.75, 3.05) is 30.5 Å². The molecule has 172 valence electrons. The predicted molar refractivity (Wildman–Crippen MR) is 127 cm³/mol. The van der Waals surface area contributed by atoms with Gasteiger partial charge in [-0.05, 0) is 55.2 Å². The Balaban J connectivity index is 1.53. The zero-order valence-electron chi connectivity index (χ0n) is 17.4. The Morgan fingerprint density at radius 3 is 2.59 bits per heavy atom. The van der Waals surface area contributed by atoms with Crippen molar-refractivity contribution in [3.8, 4) is 0 Å². The number of carbonyl (C=O) groups is 2. The smallest absolute Gasteiger partial charge is 0.261 e. The van der Waals surface area contributed by atoms with E-state index in [4.69, 9.17) is 23.2 Å². The first-order valence-corrected chi connectivity index (χ1v) is 12.2. The maximum Gasteiger partial charge on any atom is 0.261 e. The zero-order chi connectivity index (χ0) is 23.1. The minimum atomic E-state index is -2.24. The number of amides is 2. The van der Waals surface area contributed by atoms with E-state index in [2.05, 4.69) is 5.32 Å². The van der Waals surface area contributed by atoms with Crippen molar-refractivity contribution >= 4 is 52.0 Å². The molecule has 1 unspecified atom stereocenters. The van der Waals surface area contributed by atoms with E-state index in [1.165, 1.54) is 4.31 Å². The van der Waals surface area contributed by atoms with E-state index in [1.807, 2.05) is 11.0 Å². The van der Waals surface area contributed by atoms with Gasteiger partial charge in [0, 0.05) is 38.2 Å². The lowest BCUT2D eigenvalue weighted by Crippen LogP contribution is -2.30. The highest BCUT2D eigenvalue weighted by Gasteiger charge is 2.19. The predicted octanol–water partition coefficient (Wildman–Crippen LogP) is 3.92. The molecule has 0 saturated carbocycles. The highest BCUT2D eigenvalue weighted by Crippen LogP contribution is 2.26. The maximum atomic E-state index is 12.4. The number of hydrogen-bond donors (Lipinski definition) is 2. The van der Waals surface area contributed by atoms with E-state index < -0.39 is 11.3 Å². The summed E-state index contributed by atoms with van der Waals surface area (Å²) in [6.07, 6.45) is 2.63. The first-order chi connectivity index (χ1) is 15.4. The fraction of sp³-hybridized carbons (Fsp3) is 0.364. The number of halogens is 2. The summed E-state index contributed by atoms with van der Waals surface area (Å²) in [7, 11) is 0. The van der Waals surface area contributed by atoms with Crippen molar-refractivity contribution < 1.29 is 18.4 Å². The van der Waals surface area contributed by atoms with Gasteiger partial charge in [-0.3, -0.25) is 18.4 Å². The standard InChI is InChI=1S/C22H25Cl2N3O4S/c23-19-5-1-4-16(21(19)24)11-15-27(32(30)31)18-9-7-17(8-10-18)22(29)25-12-3-14-26-13-2-6-20(26)28/h1,4-5,7-10H,2-3,6,11-15H2,(H,25,29)(H,30,31). The average molecular weight is 498 g/mol. The Morgan fingerprint density at radius 1 is 1.19 bits per heavy atom. The van der Waals surface area contributed by atoms with Crippen molar-refractivity contribution in [3.05, 3.63) is 63.6 Å². The molecule has 2 amide bonds. The van der Waals surface area contributed by atoms with Crippen LogP contribution in [0, 0.1) is 0 Å². The van der Waals surface area contributed by atoms with Gasteiger partial charge in [-0.2, -0.15) is 0 Å². The average Bonchev–Trinajstić information content (AvgIpc) is 3.19. The monoisotopic (exact) mass is 497 g/mol. The number of nitrogens with one attached hydrogen (secondary N) is 1. The molecule has 2 N–H and O–H groups in total. The van der Waals surface area contributed by atoms with Gasteiger partial charge < -0.3 is 10.2 Å². The van der Waals surface area contributed by atoms with E-state index in [-0.39, 0.29) is 18.4 Å². The van der Waals surface area contributed by atoms with Crippen LogP contribution < -0.4 is 9.62 Å². The normalized spacial score (nSPS) is 14.5. The van der Waals surface area contributed by atoms with E-state index in [1.54, 1.807) is 36.4 Å². The fourth-order valence-corrected chi connectivity index (χ4v) is 4.52. The second kappa shape index (κ2) is 11.7.